The Labute approximate surface area is 272 Å². The smallest absolute Gasteiger partial charge is 0.487 e. The van der Waals surface area contributed by atoms with Crippen LogP contribution in [0.15, 0.2) is 77.7 Å². The van der Waals surface area contributed by atoms with Gasteiger partial charge < -0.3 is 23.6 Å². The first-order valence-corrected chi connectivity index (χ1v) is 15.9. The molecule has 2 heterocycles. The molecule has 0 amide bonds. The van der Waals surface area contributed by atoms with E-state index in [4.69, 9.17) is 26.1 Å². The van der Waals surface area contributed by atoms with E-state index in [2.05, 4.69) is 42.2 Å². The van der Waals surface area contributed by atoms with Crippen LogP contribution in [0, 0.1) is 5.41 Å². The van der Waals surface area contributed by atoms with Gasteiger partial charge in [0.2, 0.25) is 0 Å². The van der Waals surface area contributed by atoms with E-state index < -0.39 is 11.6 Å². The first-order chi connectivity index (χ1) is 21.3. The van der Waals surface area contributed by atoms with Crippen LogP contribution in [0.25, 0.3) is 21.8 Å². The first-order valence-electron chi connectivity index (χ1n) is 14.7. The molecule has 0 fully saturated rings. The summed E-state index contributed by atoms with van der Waals surface area (Å²) in [7, 11) is 1.27. The number of hydrogen-bond donors (Lipinski definition) is 0. The monoisotopic (exact) mass is 644 g/mol. The Hall–Kier alpha value is -4.01. The van der Waals surface area contributed by atoms with Crippen LogP contribution in [0.2, 0.25) is 5.02 Å². The second-order valence-corrected chi connectivity index (χ2v) is 14.9. The number of ether oxygens (including phenoxy) is 3. The molecule has 0 atom stereocenters. The minimum atomic E-state index is -0.770. The SMILES string of the molecule is COC(=O)Oc1ccc2nc(COc3ccc4c(c3)c(SC(C)(C)C)c(CC(C)(C)C=O)n4Cc3ccc(Cl)cc3)ccc2c1. The van der Waals surface area contributed by atoms with Crippen molar-refractivity contribution in [1.29, 1.82) is 0 Å². The maximum Gasteiger partial charge on any atom is 0.513 e. The molecule has 0 bridgehead atoms. The van der Waals surface area contributed by atoms with E-state index >= 15 is 0 Å². The molecule has 0 saturated heterocycles. The van der Waals surface area contributed by atoms with Gasteiger partial charge in [-0.2, -0.15) is 0 Å². The van der Waals surface area contributed by atoms with Crippen LogP contribution in [-0.4, -0.2) is 33.8 Å². The molecule has 0 unspecified atom stereocenters. The molecule has 234 valence electrons. The zero-order valence-electron chi connectivity index (χ0n) is 26.3. The molecular formula is C36H37ClN2O5S. The summed E-state index contributed by atoms with van der Waals surface area (Å²) in [6.07, 6.45) is 0.870. The van der Waals surface area contributed by atoms with Gasteiger partial charge in [0.1, 0.15) is 24.4 Å². The molecule has 0 N–H and O–H groups in total. The van der Waals surface area contributed by atoms with E-state index in [0.29, 0.717) is 23.7 Å². The molecule has 0 spiro atoms. The first kappa shape index (κ1) is 32.4. The van der Waals surface area contributed by atoms with Gasteiger partial charge >= 0.3 is 6.16 Å². The van der Waals surface area contributed by atoms with E-state index in [1.165, 1.54) is 7.11 Å². The van der Waals surface area contributed by atoms with Gasteiger partial charge in [-0.1, -0.05) is 64.4 Å². The fourth-order valence-electron chi connectivity index (χ4n) is 5.05. The van der Waals surface area contributed by atoms with Crippen LogP contribution >= 0.6 is 23.4 Å². The molecule has 0 aliphatic carbocycles. The van der Waals surface area contributed by atoms with Crippen molar-refractivity contribution in [3.63, 3.8) is 0 Å². The van der Waals surface area contributed by atoms with E-state index in [-0.39, 0.29) is 11.4 Å². The van der Waals surface area contributed by atoms with Crippen LogP contribution in [0.1, 0.15) is 51.6 Å². The summed E-state index contributed by atoms with van der Waals surface area (Å²) in [6.45, 7) is 11.5. The second-order valence-electron chi connectivity index (χ2n) is 12.7. The number of rotatable bonds is 10. The van der Waals surface area contributed by atoms with Crippen LogP contribution in [0.3, 0.4) is 0 Å². The van der Waals surface area contributed by atoms with Gasteiger partial charge in [0, 0.05) is 55.0 Å². The Morgan fingerprint density at radius 3 is 2.38 bits per heavy atom. The van der Waals surface area contributed by atoms with Gasteiger partial charge in [0.25, 0.3) is 0 Å². The molecular weight excluding hydrogens is 608 g/mol. The highest BCUT2D eigenvalue weighted by atomic mass is 35.5. The third-order valence-corrected chi connectivity index (χ3v) is 8.69. The zero-order chi connectivity index (χ0) is 32.4. The zero-order valence-corrected chi connectivity index (χ0v) is 27.9. The van der Waals surface area contributed by atoms with Crippen molar-refractivity contribution >= 4 is 57.6 Å². The van der Waals surface area contributed by atoms with Crippen molar-refractivity contribution in [3.05, 3.63) is 94.8 Å². The van der Waals surface area contributed by atoms with Crippen LogP contribution < -0.4 is 9.47 Å². The van der Waals surface area contributed by atoms with Gasteiger partial charge in [-0.25, -0.2) is 9.78 Å². The number of thioether (sulfide) groups is 1. The number of hydrogen-bond acceptors (Lipinski definition) is 7. The van der Waals surface area contributed by atoms with Gasteiger partial charge in [0.15, 0.2) is 0 Å². The van der Waals surface area contributed by atoms with Crippen molar-refractivity contribution in [2.75, 3.05) is 7.11 Å². The Morgan fingerprint density at radius 2 is 1.69 bits per heavy atom. The molecule has 5 rings (SSSR count). The number of carbonyl (C=O) groups is 2. The fraction of sp³-hybridized carbons (Fsp3) is 0.306. The Balaban J connectivity index is 1.49. The van der Waals surface area contributed by atoms with Crippen molar-refractivity contribution in [3.8, 4) is 11.5 Å². The summed E-state index contributed by atoms with van der Waals surface area (Å²) in [4.78, 5) is 29.4. The lowest BCUT2D eigenvalue weighted by Gasteiger charge is -2.23. The highest BCUT2D eigenvalue weighted by molar-refractivity contribution is 8.00. The van der Waals surface area contributed by atoms with Crippen LogP contribution in [0.5, 0.6) is 11.5 Å². The maximum atomic E-state index is 12.1. The molecule has 0 radical (unpaired) electrons. The van der Waals surface area contributed by atoms with Crippen LogP contribution in [0.4, 0.5) is 4.79 Å². The quantitative estimate of drug-likeness (QED) is 0.0649. The van der Waals surface area contributed by atoms with Gasteiger partial charge in [0.05, 0.1) is 18.3 Å². The number of methoxy groups -OCH3 is 1. The molecule has 0 aliphatic rings. The molecule has 0 saturated carbocycles. The molecule has 9 heteroatoms. The normalized spacial score (nSPS) is 12.0. The van der Waals surface area contributed by atoms with Crippen molar-refractivity contribution in [1.82, 2.24) is 9.55 Å². The Bertz CT molecular complexity index is 1860. The largest absolute Gasteiger partial charge is 0.513 e. The maximum absolute atomic E-state index is 12.1. The number of carbonyl (C=O) groups excluding carboxylic acids is 2. The van der Waals surface area contributed by atoms with Gasteiger partial charge in [-0.05, 0) is 60.2 Å². The highest BCUT2D eigenvalue weighted by Crippen LogP contribution is 2.44. The number of benzene rings is 3. The molecule has 45 heavy (non-hydrogen) atoms. The average molecular weight is 645 g/mol. The summed E-state index contributed by atoms with van der Waals surface area (Å²) in [5, 5.41) is 2.61. The number of nitrogens with zero attached hydrogens (tertiary/aromatic N) is 2. The van der Waals surface area contributed by atoms with E-state index in [1.54, 1.807) is 18.2 Å². The second kappa shape index (κ2) is 13.2. The number of aromatic nitrogens is 2. The lowest BCUT2D eigenvalue weighted by atomic mass is 9.89. The number of pyridine rings is 1. The lowest BCUT2D eigenvalue weighted by molar-refractivity contribution is -0.114. The number of fused-ring (bicyclic) bond motifs is 2. The fourth-order valence-corrected chi connectivity index (χ4v) is 6.36. The van der Waals surface area contributed by atoms with Crippen molar-refractivity contribution < 1.29 is 23.8 Å². The Kier molecular flexibility index (Phi) is 9.46. The van der Waals surface area contributed by atoms with Crippen molar-refractivity contribution in [2.45, 2.75) is 63.8 Å². The highest BCUT2D eigenvalue weighted by Gasteiger charge is 2.28. The van der Waals surface area contributed by atoms with E-state index in [1.807, 2.05) is 68.1 Å². The third kappa shape index (κ3) is 7.99. The summed E-state index contributed by atoms with van der Waals surface area (Å²) in [5.41, 5.74) is 4.32. The predicted molar refractivity (Wildman–Crippen MR) is 181 cm³/mol. The third-order valence-electron chi connectivity index (χ3n) is 7.17. The minimum Gasteiger partial charge on any atom is -0.487 e. The van der Waals surface area contributed by atoms with E-state index in [0.717, 1.165) is 55.7 Å². The molecule has 2 aromatic heterocycles. The molecule has 0 aliphatic heterocycles. The molecule has 5 aromatic rings. The number of halogens is 1. The standard InChI is InChI=1S/C36H37ClN2O5S/c1-35(2,3)45-33-29-18-27(43-21-26-12-9-24-17-28(44-34(41)42-6)13-15-30(24)38-26)14-16-31(29)39(32(33)19-36(4,5)22-40)20-23-7-10-25(37)11-8-23/h7-18,22H,19-21H2,1-6H3. The van der Waals surface area contributed by atoms with E-state index in [9.17, 15) is 9.59 Å². The topological polar surface area (TPSA) is 79.7 Å². The van der Waals surface area contributed by atoms with Gasteiger partial charge in [-0.3, -0.25) is 0 Å². The summed E-state index contributed by atoms with van der Waals surface area (Å²) >= 11 is 7.99. The van der Waals surface area contributed by atoms with Crippen LogP contribution in [-0.2, 0) is 29.1 Å². The predicted octanol–water partition coefficient (Wildman–Crippen LogP) is 9.27. The Morgan fingerprint density at radius 1 is 0.956 bits per heavy atom. The molecule has 7 nitrogen and oxygen atoms in total. The van der Waals surface area contributed by atoms with Gasteiger partial charge in [-0.15, -0.1) is 11.8 Å². The lowest BCUT2D eigenvalue weighted by Crippen LogP contribution is -2.20. The molecule has 3 aromatic carbocycles. The van der Waals surface area contributed by atoms with Crippen molar-refractivity contribution in [2.24, 2.45) is 5.41 Å². The minimum absolute atomic E-state index is 0.0624. The summed E-state index contributed by atoms with van der Waals surface area (Å²) in [6, 6.07) is 23.1. The average Bonchev–Trinajstić information content (AvgIpc) is 3.26. The summed E-state index contributed by atoms with van der Waals surface area (Å²) < 4.78 is 18.2. The summed E-state index contributed by atoms with van der Waals surface area (Å²) in [5.74, 6) is 1.11. The number of aldehydes is 1.